The highest BCUT2D eigenvalue weighted by molar-refractivity contribution is 5.11. The maximum Gasteiger partial charge on any atom is 0.328 e. The molecule has 0 fully saturated rings. The highest BCUT2D eigenvalue weighted by Crippen LogP contribution is 2.01. The molecule has 0 aliphatic heterocycles. The van der Waals surface area contributed by atoms with Crippen LogP contribution < -0.4 is 5.69 Å². The quantitative estimate of drug-likeness (QED) is 0.797. The van der Waals surface area contributed by atoms with Crippen molar-refractivity contribution >= 4 is 0 Å². The Morgan fingerprint density at radius 3 is 2.62 bits per heavy atom. The van der Waals surface area contributed by atoms with E-state index in [0.29, 0.717) is 12.2 Å². The van der Waals surface area contributed by atoms with Gasteiger partial charge in [-0.1, -0.05) is 0 Å². The molecule has 0 radical (unpaired) electrons. The number of imidazole rings is 1. The summed E-state index contributed by atoms with van der Waals surface area (Å²) in [4.78, 5) is 15.7. The molecule has 2 heterocycles. The number of pyridine rings is 1. The van der Waals surface area contributed by atoms with Crippen molar-refractivity contribution in [1.29, 1.82) is 0 Å². The molecule has 0 saturated carbocycles. The Morgan fingerprint density at radius 2 is 2.06 bits per heavy atom. The number of rotatable bonds is 3. The predicted octanol–water partition coefficient (Wildman–Crippen LogP) is 0.122. The molecule has 2 aromatic rings. The zero-order valence-electron chi connectivity index (χ0n) is 9.00. The molecule has 0 amide bonds. The monoisotopic (exact) mass is 219 g/mol. The molecule has 0 bridgehead atoms. The van der Waals surface area contributed by atoms with Gasteiger partial charge in [0.25, 0.3) is 0 Å². The lowest BCUT2D eigenvalue weighted by Gasteiger charge is -2.00. The van der Waals surface area contributed by atoms with Crippen molar-refractivity contribution in [3.05, 3.63) is 52.5 Å². The fourth-order valence-corrected chi connectivity index (χ4v) is 1.58. The Kier molecular flexibility index (Phi) is 2.87. The largest absolute Gasteiger partial charge is 0.390 e. The molecule has 0 aliphatic carbocycles. The molecule has 2 aromatic heterocycles. The first kappa shape index (κ1) is 10.6. The van der Waals surface area contributed by atoms with Gasteiger partial charge in [0.1, 0.15) is 0 Å². The summed E-state index contributed by atoms with van der Waals surface area (Å²) in [6, 6.07) is 3.72. The molecule has 16 heavy (non-hydrogen) atoms. The minimum absolute atomic E-state index is 0.124. The summed E-state index contributed by atoms with van der Waals surface area (Å²) in [6.45, 7) is 0.365. The number of aliphatic hydroxyl groups excluding tert-OH is 1. The van der Waals surface area contributed by atoms with Crippen molar-refractivity contribution in [2.75, 3.05) is 0 Å². The van der Waals surface area contributed by atoms with Crippen molar-refractivity contribution in [2.45, 2.75) is 13.2 Å². The van der Waals surface area contributed by atoms with E-state index >= 15 is 0 Å². The standard InChI is InChI=1S/C11H13N3O2/c1-13-10(8-15)7-14(11(13)16)6-9-2-4-12-5-3-9/h2-5,7,15H,6,8H2,1H3. The first-order valence-electron chi connectivity index (χ1n) is 4.97. The van der Waals surface area contributed by atoms with Crippen molar-refractivity contribution in [1.82, 2.24) is 14.1 Å². The average Bonchev–Trinajstić information content (AvgIpc) is 2.58. The van der Waals surface area contributed by atoms with E-state index in [2.05, 4.69) is 4.98 Å². The van der Waals surface area contributed by atoms with Crippen LogP contribution in [-0.2, 0) is 20.2 Å². The average molecular weight is 219 g/mol. The highest BCUT2D eigenvalue weighted by atomic mass is 16.3. The molecule has 2 rings (SSSR count). The van der Waals surface area contributed by atoms with E-state index in [1.807, 2.05) is 12.1 Å². The second-order valence-corrected chi connectivity index (χ2v) is 3.60. The lowest BCUT2D eigenvalue weighted by molar-refractivity contribution is 0.272. The van der Waals surface area contributed by atoms with Crippen LogP contribution in [-0.4, -0.2) is 19.2 Å². The second kappa shape index (κ2) is 4.32. The summed E-state index contributed by atoms with van der Waals surface area (Å²) < 4.78 is 3.02. The molecule has 5 nitrogen and oxygen atoms in total. The van der Waals surface area contributed by atoms with E-state index in [-0.39, 0.29) is 12.3 Å². The third kappa shape index (κ3) is 1.90. The van der Waals surface area contributed by atoms with Crippen molar-refractivity contribution in [3.63, 3.8) is 0 Å². The van der Waals surface area contributed by atoms with Gasteiger partial charge in [-0.25, -0.2) is 4.79 Å². The summed E-state index contributed by atoms with van der Waals surface area (Å²) in [5.74, 6) is 0. The fraction of sp³-hybridized carbons (Fsp3) is 0.273. The van der Waals surface area contributed by atoms with E-state index in [1.165, 1.54) is 4.57 Å². The number of hydrogen-bond donors (Lipinski definition) is 1. The van der Waals surface area contributed by atoms with Gasteiger partial charge in [-0.3, -0.25) is 14.1 Å². The Hall–Kier alpha value is -1.88. The maximum absolute atomic E-state index is 11.8. The van der Waals surface area contributed by atoms with Gasteiger partial charge in [-0.05, 0) is 17.7 Å². The normalized spacial score (nSPS) is 10.6. The second-order valence-electron chi connectivity index (χ2n) is 3.60. The van der Waals surface area contributed by atoms with E-state index in [1.54, 1.807) is 30.2 Å². The summed E-state index contributed by atoms with van der Waals surface area (Å²) in [5, 5.41) is 9.04. The number of hydrogen-bond acceptors (Lipinski definition) is 3. The summed E-state index contributed by atoms with van der Waals surface area (Å²) in [7, 11) is 1.65. The minimum Gasteiger partial charge on any atom is -0.390 e. The third-order valence-corrected chi connectivity index (χ3v) is 2.53. The molecule has 1 N–H and O–H groups in total. The first-order valence-corrected chi connectivity index (χ1v) is 4.97. The Balaban J connectivity index is 2.33. The molecule has 0 aliphatic rings. The molecular weight excluding hydrogens is 206 g/mol. The van der Waals surface area contributed by atoms with E-state index in [9.17, 15) is 4.79 Å². The van der Waals surface area contributed by atoms with E-state index in [0.717, 1.165) is 5.56 Å². The van der Waals surface area contributed by atoms with Crippen LogP contribution in [0, 0.1) is 0 Å². The van der Waals surface area contributed by atoms with Gasteiger partial charge >= 0.3 is 5.69 Å². The van der Waals surface area contributed by atoms with Crippen LogP contribution >= 0.6 is 0 Å². The zero-order valence-corrected chi connectivity index (χ0v) is 9.00. The van der Waals surface area contributed by atoms with Gasteiger partial charge in [0, 0.05) is 25.6 Å². The Bertz CT molecular complexity index is 528. The molecule has 0 spiro atoms. The van der Waals surface area contributed by atoms with Crippen LogP contribution in [0.2, 0.25) is 0 Å². The van der Waals surface area contributed by atoms with Crippen LogP contribution in [0.3, 0.4) is 0 Å². The van der Waals surface area contributed by atoms with Crippen LogP contribution in [0.15, 0.2) is 35.5 Å². The molecule has 0 unspecified atom stereocenters. The maximum atomic E-state index is 11.8. The van der Waals surface area contributed by atoms with Crippen molar-refractivity contribution < 1.29 is 5.11 Å². The minimum atomic E-state index is -0.130. The Labute approximate surface area is 92.6 Å². The summed E-state index contributed by atoms with van der Waals surface area (Å²) >= 11 is 0. The topological polar surface area (TPSA) is 60.1 Å². The van der Waals surface area contributed by atoms with Crippen LogP contribution in [0.4, 0.5) is 0 Å². The molecule has 0 saturated heterocycles. The van der Waals surface area contributed by atoms with Gasteiger partial charge in [-0.15, -0.1) is 0 Å². The van der Waals surface area contributed by atoms with E-state index in [4.69, 9.17) is 5.11 Å². The number of aliphatic hydroxyl groups is 1. The third-order valence-electron chi connectivity index (χ3n) is 2.53. The SMILES string of the molecule is Cn1c(CO)cn(Cc2ccncc2)c1=O. The van der Waals surface area contributed by atoms with Crippen LogP contribution in [0.1, 0.15) is 11.3 Å². The molecule has 0 atom stereocenters. The Morgan fingerprint density at radius 1 is 1.38 bits per heavy atom. The van der Waals surface area contributed by atoms with Gasteiger partial charge < -0.3 is 5.11 Å². The van der Waals surface area contributed by atoms with Crippen molar-refractivity contribution in [2.24, 2.45) is 7.05 Å². The summed E-state index contributed by atoms with van der Waals surface area (Å²) in [5.41, 5.74) is 1.49. The molecule has 0 aromatic carbocycles. The zero-order chi connectivity index (χ0) is 11.5. The van der Waals surface area contributed by atoms with Gasteiger partial charge in [0.05, 0.1) is 18.8 Å². The van der Waals surface area contributed by atoms with Gasteiger partial charge in [-0.2, -0.15) is 0 Å². The first-order chi connectivity index (χ1) is 7.72. The molecular formula is C11H13N3O2. The van der Waals surface area contributed by atoms with Crippen LogP contribution in [0.25, 0.3) is 0 Å². The summed E-state index contributed by atoms with van der Waals surface area (Å²) in [6.07, 6.45) is 5.05. The smallest absolute Gasteiger partial charge is 0.328 e. The fourth-order valence-electron chi connectivity index (χ4n) is 1.58. The number of nitrogens with zero attached hydrogens (tertiary/aromatic N) is 3. The predicted molar refractivity (Wildman–Crippen MR) is 58.9 cm³/mol. The molecule has 84 valence electrons. The van der Waals surface area contributed by atoms with Gasteiger partial charge in [0.15, 0.2) is 0 Å². The lowest BCUT2D eigenvalue weighted by atomic mass is 10.3. The van der Waals surface area contributed by atoms with Gasteiger partial charge in [0.2, 0.25) is 0 Å². The van der Waals surface area contributed by atoms with E-state index < -0.39 is 0 Å². The van der Waals surface area contributed by atoms with Crippen LogP contribution in [0.5, 0.6) is 0 Å². The molecule has 5 heteroatoms. The number of aromatic nitrogens is 3. The highest BCUT2D eigenvalue weighted by Gasteiger charge is 2.06. The van der Waals surface area contributed by atoms with Crippen molar-refractivity contribution in [3.8, 4) is 0 Å². The lowest BCUT2D eigenvalue weighted by Crippen LogP contribution is -2.23.